The number of nitriles is 1. The zero-order valence-corrected chi connectivity index (χ0v) is 17.0. The summed E-state index contributed by atoms with van der Waals surface area (Å²) >= 11 is 0. The van der Waals surface area contributed by atoms with Crippen LogP contribution >= 0.6 is 0 Å². The van der Waals surface area contributed by atoms with Crippen molar-refractivity contribution in [3.63, 3.8) is 0 Å². The Morgan fingerprint density at radius 2 is 1.38 bits per heavy atom. The lowest BCUT2D eigenvalue weighted by molar-refractivity contribution is -0.137. The van der Waals surface area contributed by atoms with Crippen molar-refractivity contribution in [2.24, 2.45) is 0 Å². The Balaban J connectivity index is 1.87. The smallest absolute Gasteiger partial charge is 0.367 e. The quantitative estimate of drug-likeness (QED) is 0.380. The number of benzene rings is 3. The van der Waals surface area contributed by atoms with Crippen LogP contribution in [-0.4, -0.2) is 10.8 Å². The molecule has 0 bridgehead atoms. The number of para-hydroxylation sites is 1. The van der Waals surface area contributed by atoms with Gasteiger partial charge >= 0.3 is 6.18 Å². The summed E-state index contributed by atoms with van der Waals surface area (Å²) < 4.78 is 39.7. The predicted molar refractivity (Wildman–Crippen MR) is 116 cm³/mol. The molecular formula is C25H20F3N3O. The molecule has 0 heterocycles. The minimum absolute atomic E-state index is 0.297. The molecule has 0 spiro atoms. The van der Waals surface area contributed by atoms with E-state index in [4.69, 9.17) is 0 Å². The van der Waals surface area contributed by atoms with Crippen molar-refractivity contribution in [3.05, 3.63) is 113 Å². The summed E-state index contributed by atoms with van der Waals surface area (Å²) in [6, 6.07) is 25.4. The molecule has 3 rings (SSSR count). The second kappa shape index (κ2) is 10.3. The van der Waals surface area contributed by atoms with E-state index in [2.05, 4.69) is 5.32 Å². The van der Waals surface area contributed by atoms with Gasteiger partial charge in [-0.1, -0.05) is 72.8 Å². The summed E-state index contributed by atoms with van der Waals surface area (Å²) in [4.78, 5) is 14.4. The van der Waals surface area contributed by atoms with Crippen molar-refractivity contribution in [2.75, 3.05) is 5.32 Å². The second-order valence-electron chi connectivity index (χ2n) is 7.03. The van der Waals surface area contributed by atoms with E-state index in [1.807, 2.05) is 66.7 Å². The summed E-state index contributed by atoms with van der Waals surface area (Å²) in [5.74, 6) is -0.907. The van der Waals surface area contributed by atoms with E-state index in [9.17, 15) is 23.2 Å². The number of carbonyl (C=O) groups excluding carboxylic acids is 1. The van der Waals surface area contributed by atoms with Crippen molar-refractivity contribution < 1.29 is 18.0 Å². The third-order valence-electron chi connectivity index (χ3n) is 4.61. The van der Waals surface area contributed by atoms with Gasteiger partial charge in [0.1, 0.15) is 11.6 Å². The van der Waals surface area contributed by atoms with Gasteiger partial charge in [0.15, 0.2) is 0 Å². The molecule has 4 nitrogen and oxygen atoms in total. The van der Waals surface area contributed by atoms with Crippen LogP contribution in [0.15, 0.2) is 96.7 Å². The van der Waals surface area contributed by atoms with Crippen LogP contribution in [0.5, 0.6) is 0 Å². The average Bonchev–Trinajstić information content (AvgIpc) is 2.78. The first-order valence-electron chi connectivity index (χ1n) is 9.78. The summed E-state index contributed by atoms with van der Waals surface area (Å²) in [5, 5.41) is 11.8. The number of alkyl halides is 3. The number of amides is 1. The van der Waals surface area contributed by atoms with Crippen LogP contribution in [0.1, 0.15) is 16.7 Å². The van der Waals surface area contributed by atoms with Crippen molar-refractivity contribution in [2.45, 2.75) is 19.3 Å². The number of rotatable bonds is 7. The van der Waals surface area contributed by atoms with Crippen LogP contribution in [0.4, 0.5) is 18.9 Å². The first kappa shape index (κ1) is 22.6. The molecule has 0 atom stereocenters. The fourth-order valence-corrected chi connectivity index (χ4v) is 3.13. The van der Waals surface area contributed by atoms with Crippen molar-refractivity contribution in [1.29, 1.82) is 5.26 Å². The summed E-state index contributed by atoms with van der Waals surface area (Å²) in [6.45, 7) is 0.820. The van der Waals surface area contributed by atoms with Gasteiger partial charge in [-0.2, -0.15) is 18.4 Å². The largest absolute Gasteiger partial charge is 0.418 e. The minimum Gasteiger partial charge on any atom is -0.367 e. The highest BCUT2D eigenvalue weighted by Gasteiger charge is 2.33. The van der Waals surface area contributed by atoms with Crippen LogP contribution in [0, 0.1) is 11.3 Å². The number of anilines is 1. The lowest BCUT2D eigenvalue weighted by Crippen LogP contribution is -2.22. The Bertz CT molecular complexity index is 1080. The number of halogens is 3. The Morgan fingerprint density at radius 1 is 0.875 bits per heavy atom. The van der Waals surface area contributed by atoms with E-state index in [1.165, 1.54) is 18.3 Å². The van der Waals surface area contributed by atoms with E-state index in [0.29, 0.717) is 13.1 Å². The van der Waals surface area contributed by atoms with E-state index >= 15 is 0 Å². The van der Waals surface area contributed by atoms with Gasteiger partial charge in [0.2, 0.25) is 0 Å². The number of carbonyl (C=O) groups is 1. The molecule has 0 saturated carbocycles. The van der Waals surface area contributed by atoms with Crippen LogP contribution in [0.25, 0.3) is 0 Å². The highest BCUT2D eigenvalue weighted by molar-refractivity contribution is 6.06. The summed E-state index contributed by atoms with van der Waals surface area (Å²) in [5.41, 5.74) is 0.244. The van der Waals surface area contributed by atoms with E-state index < -0.39 is 23.3 Å². The number of hydrogen-bond acceptors (Lipinski definition) is 3. The minimum atomic E-state index is -4.63. The highest BCUT2D eigenvalue weighted by Crippen LogP contribution is 2.34. The van der Waals surface area contributed by atoms with Gasteiger partial charge in [-0.3, -0.25) is 4.79 Å². The van der Waals surface area contributed by atoms with Crippen molar-refractivity contribution in [1.82, 2.24) is 4.90 Å². The molecule has 1 amide bonds. The zero-order valence-electron chi connectivity index (χ0n) is 17.0. The van der Waals surface area contributed by atoms with E-state index in [-0.39, 0.29) is 5.57 Å². The van der Waals surface area contributed by atoms with Crippen LogP contribution in [0.3, 0.4) is 0 Å². The fourth-order valence-electron chi connectivity index (χ4n) is 3.13. The lowest BCUT2D eigenvalue weighted by Gasteiger charge is -2.21. The van der Waals surface area contributed by atoms with Gasteiger partial charge in [0, 0.05) is 19.3 Å². The standard InChI is InChI=1S/C25H20F3N3O/c26-25(27,28)22-13-7-8-14-23(22)30-24(32)21(15-29)18-31(16-19-9-3-1-4-10-19)17-20-11-5-2-6-12-20/h1-14,18H,16-17H2,(H,30,32)/b21-18-. The summed E-state index contributed by atoms with van der Waals surface area (Å²) in [7, 11) is 0. The van der Waals surface area contributed by atoms with Crippen molar-refractivity contribution >= 4 is 11.6 Å². The van der Waals surface area contributed by atoms with Crippen LogP contribution in [-0.2, 0) is 24.1 Å². The average molecular weight is 435 g/mol. The molecule has 1 N–H and O–H groups in total. The molecule has 3 aromatic carbocycles. The Kier molecular flexibility index (Phi) is 7.29. The number of nitrogens with zero attached hydrogens (tertiary/aromatic N) is 2. The Morgan fingerprint density at radius 3 is 1.88 bits per heavy atom. The number of nitrogens with one attached hydrogen (secondary N) is 1. The molecule has 3 aromatic rings. The van der Waals surface area contributed by atoms with Crippen LogP contribution < -0.4 is 5.32 Å². The van der Waals surface area contributed by atoms with Gasteiger partial charge in [0.05, 0.1) is 11.3 Å². The molecule has 7 heteroatoms. The first-order chi connectivity index (χ1) is 15.4. The van der Waals surface area contributed by atoms with E-state index in [0.717, 1.165) is 23.3 Å². The molecule has 0 unspecified atom stereocenters. The molecule has 0 saturated heterocycles. The van der Waals surface area contributed by atoms with Gasteiger partial charge in [0.25, 0.3) is 5.91 Å². The van der Waals surface area contributed by atoms with Gasteiger partial charge in [-0.05, 0) is 23.3 Å². The fraction of sp³-hybridized carbons (Fsp3) is 0.120. The SMILES string of the molecule is N#C/C(=C/N(Cc1ccccc1)Cc1ccccc1)C(=O)Nc1ccccc1C(F)(F)F. The first-order valence-corrected chi connectivity index (χ1v) is 9.78. The number of hydrogen-bond donors (Lipinski definition) is 1. The second-order valence-corrected chi connectivity index (χ2v) is 7.03. The third-order valence-corrected chi connectivity index (χ3v) is 4.61. The molecule has 0 radical (unpaired) electrons. The van der Waals surface area contributed by atoms with Crippen LogP contribution in [0.2, 0.25) is 0 Å². The van der Waals surface area contributed by atoms with E-state index in [1.54, 1.807) is 4.90 Å². The monoisotopic (exact) mass is 435 g/mol. The molecular weight excluding hydrogens is 415 g/mol. The lowest BCUT2D eigenvalue weighted by atomic mass is 10.1. The maximum absolute atomic E-state index is 13.2. The Labute approximate surface area is 184 Å². The van der Waals surface area contributed by atoms with Gasteiger partial charge in [-0.15, -0.1) is 0 Å². The highest BCUT2D eigenvalue weighted by atomic mass is 19.4. The molecule has 0 aliphatic carbocycles. The molecule has 0 aromatic heterocycles. The van der Waals surface area contributed by atoms with Gasteiger partial charge < -0.3 is 10.2 Å². The summed E-state index contributed by atoms with van der Waals surface area (Å²) in [6.07, 6.45) is -3.25. The van der Waals surface area contributed by atoms with Crippen molar-refractivity contribution in [3.8, 4) is 6.07 Å². The Hall–Kier alpha value is -4.05. The molecule has 162 valence electrons. The van der Waals surface area contributed by atoms with Gasteiger partial charge in [-0.25, -0.2) is 0 Å². The molecule has 0 aliphatic rings. The topological polar surface area (TPSA) is 56.1 Å². The molecule has 0 aliphatic heterocycles. The third kappa shape index (κ3) is 6.22. The molecule has 0 fully saturated rings. The normalized spacial score (nSPS) is 11.5. The predicted octanol–water partition coefficient (Wildman–Crippen LogP) is 5.75. The molecule has 32 heavy (non-hydrogen) atoms. The zero-order chi connectivity index (χ0) is 23.0. The maximum atomic E-state index is 13.2. The maximum Gasteiger partial charge on any atom is 0.418 e.